The highest BCUT2D eigenvalue weighted by Crippen LogP contribution is 2.26. The van der Waals surface area contributed by atoms with Gasteiger partial charge < -0.3 is 21.3 Å². The number of carbonyl (C=O) groups is 1. The van der Waals surface area contributed by atoms with Crippen LogP contribution in [0.4, 0.5) is 29.0 Å². The van der Waals surface area contributed by atoms with Crippen molar-refractivity contribution in [1.82, 2.24) is 24.5 Å². The van der Waals surface area contributed by atoms with Crippen LogP contribution in [0.2, 0.25) is 0 Å². The molecule has 180 valence electrons. The third-order valence-electron chi connectivity index (χ3n) is 5.54. The van der Waals surface area contributed by atoms with E-state index in [0.29, 0.717) is 29.0 Å². The minimum Gasteiger partial charge on any atom is -0.378 e. The molecule has 0 aliphatic heterocycles. The number of aryl methyl sites for hydroxylation is 1. The fourth-order valence-corrected chi connectivity index (χ4v) is 3.79. The summed E-state index contributed by atoms with van der Waals surface area (Å²) in [7, 11) is 3.88. The topological polar surface area (TPSA) is 127 Å². The maximum Gasteiger partial charge on any atom is 0.255 e. The third kappa shape index (κ3) is 4.64. The van der Waals surface area contributed by atoms with Gasteiger partial charge in [0.15, 0.2) is 0 Å². The third-order valence-corrected chi connectivity index (χ3v) is 5.54. The van der Waals surface area contributed by atoms with Crippen LogP contribution < -0.4 is 21.3 Å². The van der Waals surface area contributed by atoms with Crippen molar-refractivity contribution >= 4 is 45.9 Å². The van der Waals surface area contributed by atoms with E-state index in [1.165, 1.54) is 0 Å². The average molecular weight is 480 g/mol. The fourth-order valence-electron chi connectivity index (χ4n) is 3.79. The summed E-state index contributed by atoms with van der Waals surface area (Å²) in [6.45, 7) is 1.76. The second-order valence-corrected chi connectivity index (χ2v) is 8.40. The number of benzene rings is 3. The van der Waals surface area contributed by atoms with Crippen LogP contribution >= 0.6 is 0 Å². The van der Waals surface area contributed by atoms with Crippen LogP contribution in [-0.2, 0) is 0 Å². The Bertz CT molecular complexity index is 1540. The van der Waals surface area contributed by atoms with E-state index in [1.54, 1.807) is 17.6 Å². The van der Waals surface area contributed by atoms with Gasteiger partial charge in [-0.1, -0.05) is 18.2 Å². The Hall–Kier alpha value is -4.99. The maximum absolute atomic E-state index is 12.7. The highest BCUT2D eigenvalue weighted by molar-refractivity contribution is 6.04. The Morgan fingerprint density at radius 2 is 1.64 bits per heavy atom. The van der Waals surface area contributed by atoms with Crippen LogP contribution in [0.25, 0.3) is 17.0 Å². The Balaban J connectivity index is 1.40. The quantitative estimate of drug-likeness (QED) is 0.331. The number of nitrogens with zero attached hydrogens (tertiary/aromatic N) is 6. The van der Waals surface area contributed by atoms with E-state index in [-0.39, 0.29) is 11.9 Å². The number of rotatable bonds is 6. The van der Waals surface area contributed by atoms with Gasteiger partial charge in [0.1, 0.15) is 5.82 Å². The van der Waals surface area contributed by atoms with Gasteiger partial charge in [-0.2, -0.15) is 15.0 Å². The summed E-state index contributed by atoms with van der Waals surface area (Å²) in [5.74, 6) is 1.37. The first-order chi connectivity index (χ1) is 17.4. The van der Waals surface area contributed by atoms with E-state index in [2.05, 4.69) is 25.6 Å². The molecule has 1 amide bonds. The Kier molecular flexibility index (Phi) is 5.91. The molecule has 5 aromatic rings. The van der Waals surface area contributed by atoms with Gasteiger partial charge in [0.2, 0.25) is 17.8 Å². The van der Waals surface area contributed by atoms with Crippen molar-refractivity contribution in [3.05, 3.63) is 84.2 Å². The van der Waals surface area contributed by atoms with Gasteiger partial charge in [0.25, 0.3) is 5.91 Å². The number of carbonyl (C=O) groups excluding carboxylic acids is 1. The van der Waals surface area contributed by atoms with Gasteiger partial charge in [0, 0.05) is 36.7 Å². The maximum atomic E-state index is 12.7. The number of nitrogen functional groups attached to an aromatic ring is 1. The Labute approximate surface area is 207 Å². The molecule has 0 atom stereocenters. The minimum atomic E-state index is -0.177. The summed E-state index contributed by atoms with van der Waals surface area (Å²) >= 11 is 0. The number of hydrogen-bond donors (Lipinski definition) is 3. The molecule has 10 heteroatoms. The van der Waals surface area contributed by atoms with Crippen molar-refractivity contribution in [1.29, 1.82) is 0 Å². The lowest BCUT2D eigenvalue weighted by molar-refractivity contribution is 0.102. The molecule has 3 aromatic carbocycles. The van der Waals surface area contributed by atoms with Gasteiger partial charge in [-0.15, -0.1) is 0 Å². The molecule has 10 nitrogen and oxygen atoms in total. The molecule has 4 N–H and O–H groups in total. The number of amides is 1. The first-order valence-electron chi connectivity index (χ1n) is 11.3. The van der Waals surface area contributed by atoms with E-state index in [1.807, 2.05) is 85.7 Å². The molecule has 0 saturated carbocycles. The zero-order valence-corrected chi connectivity index (χ0v) is 20.1. The molecule has 2 aromatic heterocycles. The summed E-state index contributed by atoms with van der Waals surface area (Å²) in [4.78, 5) is 32.2. The molecular formula is C26H25N9O. The average Bonchev–Trinajstić information content (AvgIpc) is 3.22. The van der Waals surface area contributed by atoms with Gasteiger partial charge in [-0.25, -0.2) is 9.55 Å². The lowest BCUT2D eigenvalue weighted by Gasteiger charge is -2.14. The van der Waals surface area contributed by atoms with Crippen LogP contribution in [0.15, 0.2) is 72.8 Å². The predicted molar refractivity (Wildman–Crippen MR) is 142 cm³/mol. The summed E-state index contributed by atoms with van der Waals surface area (Å²) in [6.07, 6.45) is 0. The minimum absolute atomic E-state index is 0.137. The predicted octanol–water partition coefficient (Wildman–Crippen LogP) is 4.16. The summed E-state index contributed by atoms with van der Waals surface area (Å²) in [6, 6.07) is 22.5. The number of anilines is 5. The van der Waals surface area contributed by atoms with Gasteiger partial charge >= 0.3 is 0 Å². The molecule has 2 heterocycles. The molecule has 0 aliphatic carbocycles. The molecule has 0 spiro atoms. The molecule has 5 rings (SSSR count). The number of fused-ring (bicyclic) bond motifs is 1. The number of aromatic nitrogens is 5. The Morgan fingerprint density at radius 3 is 2.39 bits per heavy atom. The van der Waals surface area contributed by atoms with Crippen LogP contribution in [0.3, 0.4) is 0 Å². The zero-order valence-electron chi connectivity index (χ0n) is 20.1. The van der Waals surface area contributed by atoms with E-state index in [9.17, 15) is 4.79 Å². The number of para-hydroxylation sites is 2. The zero-order chi connectivity index (χ0) is 25.2. The molecule has 0 aliphatic rings. The fraction of sp³-hybridized carbons (Fsp3) is 0.115. The van der Waals surface area contributed by atoms with Crippen molar-refractivity contribution in [2.75, 3.05) is 35.4 Å². The van der Waals surface area contributed by atoms with Crippen LogP contribution in [0, 0.1) is 6.92 Å². The van der Waals surface area contributed by atoms with E-state index in [4.69, 9.17) is 10.7 Å². The Morgan fingerprint density at radius 1 is 0.889 bits per heavy atom. The van der Waals surface area contributed by atoms with Gasteiger partial charge in [-0.05, 0) is 61.5 Å². The summed E-state index contributed by atoms with van der Waals surface area (Å²) in [5, 5.41) is 6.26. The van der Waals surface area contributed by atoms with Crippen molar-refractivity contribution < 1.29 is 4.79 Å². The number of nitrogens with one attached hydrogen (secondary N) is 2. The number of nitrogens with two attached hydrogens (primary N) is 1. The normalized spacial score (nSPS) is 10.9. The van der Waals surface area contributed by atoms with Gasteiger partial charge in [-0.3, -0.25) is 4.79 Å². The molecule has 0 bridgehead atoms. The number of imidazole rings is 1. The first kappa shape index (κ1) is 22.8. The van der Waals surface area contributed by atoms with Crippen molar-refractivity contribution in [3.8, 4) is 5.95 Å². The molecule has 0 radical (unpaired) electrons. The first-order valence-corrected chi connectivity index (χ1v) is 11.3. The largest absolute Gasteiger partial charge is 0.378 e. The second-order valence-electron chi connectivity index (χ2n) is 8.40. The van der Waals surface area contributed by atoms with E-state index in [0.717, 1.165) is 22.4 Å². The van der Waals surface area contributed by atoms with Crippen molar-refractivity contribution in [2.45, 2.75) is 6.92 Å². The van der Waals surface area contributed by atoms with Gasteiger partial charge in [0.05, 0.1) is 11.0 Å². The second kappa shape index (κ2) is 9.34. The highest BCUT2D eigenvalue weighted by Gasteiger charge is 2.16. The van der Waals surface area contributed by atoms with E-state index < -0.39 is 0 Å². The monoisotopic (exact) mass is 479 g/mol. The standard InChI is InChI=1S/C26H25N9O/c1-16-28-24(27)33-25(29-16)35-22-10-5-4-9-21(22)32-26(35)31-19-13-11-18(12-14-19)30-23(36)17-7-6-8-20(15-17)34(2)3/h4-15H,1-3H3,(H,30,36)(H,31,32)(H2,27,28,29,33). The molecular weight excluding hydrogens is 454 g/mol. The van der Waals surface area contributed by atoms with Crippen LogP contribution in [0.1, 0.15) is 16.2 Å². The molecule has 36 heavy (non-hydrogen) atoms. The SMILES string of the molecule is Cc1nc(N)nc(-n2c(Nc3ccc(NC(=O)c4cccc(N(C)C)c4)cc3)nc3ccccc32)n1. The highest BCUT2D eigenvalue weighted by atomic mass is 16.1. The van der Waals surface area contributed by atoms with Crippen LogP contribution in [-0.4, -0.2) is 44.5 Å². The molecule has 0 unspecified atom stereocenters. The van der Waals surface area contributed by atoms with Crippen molar-refractivity contribution in [3.63, 3.8) is 0 Å². The molecule has 0 fully saturated rings. The van der Waals surface area contributed by atoms with Crippen LogP contribution in [0.5, 0.6) is 0 Å². The van der Waals surface area contributed by atoms with E-state index >= 15 is 0 Å². The van der Waals surface area contributed by atoms with Crippen molar-refractivity contribution in [2.24, 2.45) is 0 Å². The molecule has 0 saturated heterocycles. The number of hydrogen-bond acceptors (Lipinski definition) is 8. The smallest absolute Gasteiger partial charge is 0.255 e. The lowest BCUT2D eigenvalue weighted by atomic mass is 10.1. The summed E-state index contributed by atoms with van der Waals surface area (Å²) < 4.78 is 1.80. The summed E-state index contributed by atoms with van der Waals surface area (Å²) in [5.41, 5.74) is 10.5. The lowest BCUT2D eigenvalue weighted by Crippen LogP contribution is -2.14.